The number of aromatic amines is 1. The van der Waals surface area contributed by atoms with E-state index < -0.39 is 0 Å². The third-order valence-electron chi connectivity index (χ3n) is 2.41. The summed E-state index contributed by atoms with van der Waals surface area (Å²) >= 11 is 0. The third kappa shape index (κ3) is 6.42. The fourth-order valence-corrected chi connectivity index (χ4v) is 1.80. The molecule has 0 fully saturated rings. The molecule has 3 aromatic rings. The standard InChI is InChI=1S/C12H9N.2ClH.HNO2.2H3N.Pt/c1-3-7-11-9(5-1)10-6-2-4-8-12(10)13-11;;;2-1-3;;;/h1-8,13H;2*1H;(H,2,3);2*1H3;/q;;;;;;+4/p-2. The molecule has 1 aromatic heterocycles. The summed E-state index contributed by atoms with van der Waals surface area (Å²) in [5.74, 6) is 0. The minimum absolute atomic E-state index is 0. The summed E-state index contributed by atoms with van der Waals surface area (Å²) in [5, 5.41) is 10.5. The van der Waals surface area contributed by atoms with Crippen molar-refractivity contribution >= 4 is 21.8 Å². The van der Waals surface area contributed by atoms with E-state index in [1.54, 1.807) is 0 Å². The van der Waals surface area contributed by atoms with Crippen molar-refractivity contribution in [2.45, 2.75) is 0 Å². The number of fused-ring (bicyclic) bond motifs is 3. The molecule has 0 aliphatic carbocycles. The van der Waals surface area contributed by atoms with Crippen LogP contribution in [0.1, 0.15) is 0 Å². The van der Waals surface area contributed by atoms with Crippen LogP contribution in [0, 0.1) is 4.91 Å². The minimum atomic E-state index is 0. The maximum atomic E-state index is 8.11. The Hall–Kier alpha value is -1.17. The number of hydrogen-bond donors (Lipinski definition) is 4. The zero-order chi connectivity index (χ0) is 11.4. The quantitative estimate of drug-likeness (QED) is 0.200. The molecule has 3 rings (SSSR count). The second-order valence-corrected chi connectivity index (χ2v) is 3.30. The van der Waals surface area contributed by atoms with Gasteiger partial charge in [-0.05, 0) is 12.1 Å². The SMILES string of the molecule is N.N.O=NO.[Cl-].[Cl-].[Pt+4].c1ccc2c(c1)[nH]c1ccccc12. The Kier molecular flexibility index (Phi) is 18.4. The average Bonchev–Trinajstić information content (AvgIpc) is 2.68. The van der Waals surface area contributed by atoms with Crippen molar-refractivity contribution < 1.29 is 51.1 Å². The van der Waals surface area contributed by atoms with Crippen molar-refractivity contribution in [1.82, 2.24) is 17.3 Å². The summed E-state index contributed by atoms with van der Waals surface area (Å²) in [6.07, 6.45) is 0. The first kappa shape index (κ1) is 28.1. The van der Waals surface area contributed by atoms with Crippen LogP contribution in [-0.4, -0.2) is 10.2 Å². The molecule has 0 amide bonds. The fourth-order valence-electron chi connectivity index (χ4n) is 1.80. The van der Waals surface area contributed by atoms with Gasteiger partial charge in [0.1, 0.15) is 0 Å². The van der Waals surface area contributed by atoms with Gasteiger partial charge in [0, 0.05) is 21.8 Å². The first-order valence-electron chi connectivity index (χ1n) is 4.79. The van der Waals surface area contributed by atoms with Gasteiger partial charge >= 0.3 is 21.1 Å². The predicted octanol–water partition coefficient (Wildman–Crippen LogP) is -2.21. The van der Waals surface area contributed by atoms with E-state index in [4.69, 9.17) is 10.1 Å². The van der Waals surface area contributed by atoms with Gasteiger partial charge in [0.2, 0.25) is 0 Å². The number of H-pyrrole nitrogens is 1. The van der Waals surface area contributed by atoms with Gasteiger partial charge in [0.05, 0.1) is 0 Å². The van der Waals surface area contributed by atoms with Gasteiger partial charge in [-0.2, -0.15) is 0 Å². The van der Waals surface area contributed by atoms with Crippen molar-refractivity contribution in [2.75, 3.05) is 0 Å². The molecule has 0 bridgehead atoms. The number of aromatic nitrogens is 1. The van der Waals surface area contributed by atoms with Gasteiger partial charge in [-0.15, -0.1) is 4.91 Å². The maximum absolute atomic E-state index is 8.11. The van der Waals surface area contributed by atoms with Crippen molar-refractivity contribution in [1.29, 1.82) is 0 Å². The van der Waals surface area contributed by atoms with E-state index in [0.717, 1.165) is 0 Å². The molecule has 8 N–H and O–H groups in total. The minimum Gasteiger partial charge on any atom is -1.00 e. The number of benzene rings is 2. The molecular formula is C12H16Cl2N4O2Pt+2. The molecule has 118 valence electrons. The molecule has 0 atom stereocenters. The van der Waals surface area contributed by atoms with Crippen LogP contribution in [0.15, 0.2) is 53.9 Å². The monoisotopic (exact) mass is 513 g/mol. The van der Waals surface area contributed by atoms with Gasteiger partial charge in [-0.25, -0.2) is 0 Å². The van der Waals surface area contributed by atoms with Crippen molar-refractivity contribution in [2.24, 2.45) is 5.34 Å². The van der Waals surface area contributed by atoms with Crippen LogP contribution in [-0.2, 0) is 21.1 Å². The Morgan fingerprint density at radius 2 is 1.10 bits per heavy atom. The van der Waals surface area contributed by atoms with E-state index in [9.17, 15) is 0 Å². The smallest absolute Gasteiger partial charge is 1.00 e. The van der Waals surface area contributed by atoms with E-state index in [1.807, 2.05) is 0 Å². The third-order valence-corrected chi connectivity index (χ3v) is 2.41. The van der Waals surface area contributed by atoms with Crippen LogP contribution in [0.25, 0.3) is 21.8 Å². The predicted molar refractivity (Wildman–Crippen MR) is 73.4 cm³/mol. The van der Waals surface area contributed by atoms with E-state index >= 15 is 0 Å². The van der Waals surface area contributed by atoms with Crippen LogP contribution < -0.4 is 37.1 Å². The molecule has 0 aliphatic heterocycles. The molecule has 21 heavy (non-hydrogen) atoms. The molecule has 0 spiro atoms. The second kappa shape index (κ2) is 13.8. The Morgan fingerprint density at radius 1 is 0.810 bits per heavy atom. The van der Waals surface area contributed by atoms with Crippen LogP contribution in [0.4, 0.5) is 0 Å². The summed E-state index contributed by atoms with van der Waals surface area (Å²) < 4.78 is 0. The summed E-state index contributed by atoms with van der Waals surface area (Å²) in [6.45, 7) is 0. The largest absolute Gasteiger partial charge is 4.00 e. The Balaban J connectivity index is -0.000000169. The molecule has 0 saturated carbocycles. The van der Waals surface area contributed by atoms with Crippen LogP contribution in [0.5, 0.6) is 0 Å². The fraction of sp³-hybridized carbons (Fsp3) is 0. The topological polar surface area (TPSA) is 135 Å². The molecule has 0 radical (unpaired) electrons. The number of nitrogens with one attached hydrogen (secondary N) is 1. The molecule has 0 unspecified atom stereocenters. The number of nitrogens with zero attached hydrogens (tertiary/aromatic N) is 1. The first-order chi connectivity index (χ1) is 7.86. The van der Waals surface area contributed by atoms with Crippen LogP contribution in [0.2, 0.25) is 0 Å². The average molecular weight is 514 g/mol. The Bertz CT molecular complexity index is 586. The molecular weight excluding hydrogens is 498 g/mol. The second-order valence-electron chi connectivity index (χ2n) is 3.30. The first-order valence-corrected chi connectivity index (χ1v) is 4.79. The van der Waals surface area contributed by atoms with Crippen LogP contribution in [0.3, 0.4) is 0 Å². The maximum Gasteiger partial charge on any atom is 4.00 e. The normalized spacial score (nSPS) is 7.43. The number of rotatable bonds is 0. The van der Waals surface area contributed by atoms with Gasteiger partial charge < -0.3 is 47.3 Å². The summed E-state index contributed by atoms with van der Waals surface area (Å²) in [4.78, 5) is 11.5. The van der Waals surface area contributed by atoms with Gasteiger partial charge in [0.15, 0.2) is 5.34 Å². The van der Waals surface area contributed by atoms with Gasteiger partial charge in [0.25, 0.3) is 0 Å². The molecule has 9 heteroatoms. The van der Waals surface area contributed by atoms with Gasteiger partial charge in [-0.1, -0.05) is 36.4 Å². The Morgan fingerprint density at radius 3 is 1.43 bits per heavy atom. The summed E-state index contributed by atoms with van der Waals surface area (Å²) in [7, 11) is 0. The molecule has 1 heterocycles. The summed E-state index contributed by atoms with van der Waals surface area (Å²) in [6, 6.07) is 16.8. The van der Waals surface area contributed by atoms with Crippen LogP contribution >= 0.6 is 0 Å². The number of halogens is 2. The van der Waals surface area contributed by atoms with E-state index in [2.05, 4.69) is 53.5 Å². The van der Waals surface area contributed by atoms with Crippen molar-refractivity contribution in [3.8, 4) is 0 Å². The van der Waals surface area contributed by atoms with Gasteiger partial charge in [-0.3, -0.25) is 0 Å². The van der Waals surface area contributed by atoms with Crippen molar-refractivity contribution in [3.63, 3.8) is 0 Å². The molecule has 2 aromatic carbocycles. The Labute approximate surface area is 148 Å². The summed E-state index contributed by atoms with van der Waals surface area (Å²) in [5.41, 5.74) is 2.42. The molecule has 0 aliphatic rings. The molecule has 0 saturated heterocycles. The zero-order valence-electron chi connectivity index (χ0n) is 10.9. The number of para-hydroxylation sites is 2. The van der Waals surface area contributed by atoms with E-state index in [-0.39, 0.29) is 58.2 Å². The van der Waals surface area contributed by atoms with Crippen molar-refractivity contribution in [3.05, 3.63) is 53.4 Å². The number of hydrogen-bond acceptors (Lipinski definition) is 4. The zero-order valence-corrected chi connectivity index (χ0v) is 14.7. The van der Waals surface area contributed by atoms with E-state index in [0.29, 0.717) is 0 Å². The molecule has 6 nitrogen and oxygen atoms in total. The van der Waals surface area contributed by atoms with E-state index in [1.165, 1.54) is 27.1 Å².